The molecule has 0 saturated heterocycles. The number of benzene rings is 1. The summed E-state index contributed by atoms with van der Waals surface area (Å²) in [6.45, 7) is 0. The van der Waals surface area contributed by atoms with E-state index in [1.54, 1.807) is 0 Å². The fourth-order valence-corrected chi connectivity index (χ4v) is 4.15. The standard InChI is InChI=1S/C15H6Cl3F6N3OS/c1-26(5-28)13-11(29-15(22,23)24)7(4-25)12(18)27(13)10-8(16)2-6(3-9(10)17)14(19,20)21/h2-3,5H,1H3. The smallest absolute Gasteiger partial charge is 0.303 e. The fourth-order valence-electron chi connectivity index (χ4n) is 2.34. The van der Waals surface area contributed by atoms with E-state index in [2.05, 4.69) is 0 Å². The lowest BCUT2D eigenvalue weighted by Gasteiger charge is -2.20. The van der Waals surface area contributed by atoms with E-state index in [4.69, 9.17) is 34.8 Å². The van der Waals surface area contributed by atoms with Gasteiger partial charge in [0.15, 0.2) is 0 Å². The molecule has 14 heteroatoms. The van der Waals surface area contributed by atoms with Crippen LogP contribution >= 0.6 is 46.6 Å². The van der Waals surface area contributed by atoms with Crippen LogP contribution in [-0.4, -0.2) is 23.5 Å². The molecular formula is C15H6Cl3F6N3OS. The number of rotatable bonds is 4. The minimum Gasteiger partial charge on any atom is -0.303 e. The number of carbonyl (C=O) groups excluding carboxylic acids is 1. The van der Waals surface area contributed by atoms with Crippen LogP contribution < -0.4 is 4.90 Å². The van der Waals surface area contributed by atoms with Gasteiger partial charge in [0.25, 0.3) is 0 Å². The van der Waals surface area contributed by atoms with Crippen LogP contribution in [0.25, 0.3) is 5.69 Å². The lowest BCUT2D eigenvalue weighted by Crippen LogP contribution is -2.19. The zero-order valence-electron chi connectivity index (χ0n) is 13.8. The van der Waals surface area contributed by atoms with E-state index in [1.807, 2.05) is 0 Å². The minimum absolute atomic E-state index is 0.121. The quantitative estimate of drug-likeness (QED) is 0.275. The molecule has 0 radical (unpaired) electrons. The third-order valence-corrected chi connectivity index (χ3v) is 5.19. The second kappa shape index (κ2) is 8.18. The molecule has 29 heavy (non-hydrogen) atoms. The first-order chi connectivity index (χ1) is 13.2. The van der Waals surface area contributed by atoms with Gasteiger partial charge in [-0.15, -0.1) is 0 Å². The van der Waals surface area contributed by atoms with Gasteiger partial charge in [-0.25, -0.2) is 0 Å². The highest BCUT2D eigenvalue weighted by molar-refractivity contribution is 8.00. The molecule has 0 aliphatic rings. The van der Waals surface area contributed by atoms with Crippen molar-refractivity contribution in [2.75, 3.05) is 11.9 Å². The Hall–Kier alpha value is -1.74. The van der Waals surface area contributed by atoms with E-state index in [0.29, 0.717) is 21.6 Å². The molecule has 0 fully saturated rings. The van der Waals surface area contributed by atoms with Crippen LogP contribution in [0, 0.1) is 11.3 Å². The normalized spacial score (nSPS) is 12.0. The highest BCUT2D eigenvalue weighted by Gasteiger charge is 2.38. The molecule has 4 nitrogen and oxygen atoms in total. The zero-order chi connectivity index (χ0) is 22.3. The van der Waals surface area contributed by atoms with Crippen molar-refractivity contribution < 1.29 is 31.1 Å². The van der Waals surface area contributed by atoms with Crippen LogP contribution in [0.5, 0.6) is 0 Å². The SMILES string of the molecule is CN(C=O)c1c(SC(F)(F)F)c(C#N)c(Cl)n1-c1c(Cl)cc(C(F)(F)F)cc1Cl. The van der Waals surface area contributed by atoms with E-state index in [9.17, 15) is 36.4 Å². The van der Waals surface area contributed by atoms with Crippen LogP contribution in [0.4, 0.5) is 32.2 Å². The number of hydrogen-bond donors (Lipinski definition) is 0. The number of nitrogens with zero attached hydrogens (tertiary/aromatic N) is 3. The van der Waals surface area contributed by atoms with Crippen LogP contribution in [-0.2, 0) is 11.0 Å². The third-order valence-electron chi connectivity index (χ3n) is 3.43. The summed E-state index contributed by atoms with van der Waals surface area (Å²) in [5.74, 6) is -0.549. The summed E-state index contributed by atoms with van der Waals surface area (Å²) in [4.78, 5) is 11.2. The van der Waals surface area contributed by atoms with Crippen LogP contribution in [0.2, 0.25) is 15.2 Å². The summed E-state index contributed by atoms with van der Waals surface area (Å²) in [6, 6.07) is 2.47. The van der Waals surface area contributed by atoms with Gasteiger partial charge >= 0.3 is 11.7 Å². The maximum absolute atomic E-state index is 13.0. The largest absolute Gasteiger partial charge is 0.446 e. The highest BCUT2D eigenvalue weighted by atomic mass is 35.5. The van der Waals surface area contributed by atoms with Crippen molar-refractivity contribution in [3.05, 3.63) is 38.5 Å². The first-order valence-corrected chi connectivity index (χ1v) is 9.02. The van der Waals surface area contributed by atoms with Crippen molar-refractivity contribution in [2.45, 2.75) is 16.6 Å². The summed E-state index contributed by atoms with van der Waals surface area (Å²) in [6.07, 6.45) is -4.68. The second-order valence-electron chi connectivity index (χ2n) is 5.32. The maximum atomic E-state index is 13.0. The molecule has 0 aliphatic carbocycles. The molecule has 2 aromatic rings. The van der Waals surface area contributed by atoms with Crippen molar-refractivity contribution in [3.63, 3.8) is 0 Å². The Balaban J connectivity index is 2.94. The van der Waals surface area contributed by atoms with Crippen molar-refractivity contribution >= 4 is 58.8 Å². The van der Waals surface area contributed by atoms with Gasteiger partial charge in [0.1, 0.15) is 22.6 Å². The van der Waals surface area contributed by atoms with E-state index in [1.165, 1.54) is 6.07 Å². The van der Waals surface area contributed by atoms with Gasteiger partial charge in [0.05, 0.1) is 26.2 Å². The number of hydrogen-bond acceptors (Lipinski definition) is 3. The fraction of sp³-hybridized carbons (Fsp3) is 0.200. The summed E-state index contributed by atoms with van der Waals surface area (Å²) in [7, 11) is 1.06. The van der Waals surface area contributed by atoms with Crippen LogP contribution in [0.1, 0.15) is 11.1 Å². The lowest BCUT2D eigenvalue weighted by molar-refractivity contribution is -0.137. The third kappa shape index (κ3) is 4.71. The van der Waals surface area contributed by atoms with Crippen molar-refractivity contribution in [1.82, 2.24) is 4.57 Å². The predicted molar refractivity (Wildman–Crippen MR) is 96.9 cm³/mol. The Kier molecular flexibility index (Phi) is 6.64. The average molecular weight is 497 g/mol. The number of halogens is 9. The number of amides is 1. The second-order valence-corrected chi connectivity index (χ2v) is 7.56. The Morgan fingerprint density at radius 3 is 2.03 bits per heavy atom. The molecule has 0 aliphatic heterocycles. The highest BCUT2D eigenvalue weighted by Crippen LogP contribution is 2.50. The molecule has 1 aromatic carbocycles. The predicted octanol–water partition coefficient (Wildman–Crippen LogP) is 6.53. The van der Waals surface area contributed by atoms with Gasteiger partial charge in [-0.3, -0.25) is 9.36 Å². The molecule has 1 heterocycles. The maximum Gasteiger partial charge on any atom is 0.446 e. The molecule has 156 valence electrons. The number of carbonyl (C=O) groups is 1. The summed E-state index contributed by atoms with van der Waals surface area (Å²) in [5.41, 5.74) is -7.17. The van der Waals surface area contributed by atoms with Crippen molar-refractivity contribution in [3.8, 4) is 11.8 Å². The number of alkyl halides is 6. The topological polar surface area (TPSA) is 49.0 Å². The zero-order valence-corrected chi connectivity index (χ0v) is 16.9. The van der Waals surface area contributed by atoms with Gasteiger partial charge in [-0.2, -0.15) is 31.6 Å². The van der Waals surface area contributed by atoms with Gasteiger partial charge in [0, 0.05) is 7.05 Å². The summed E-state index contributed by atoms with van der Waals surface area (Å²) in [5, 5.41) is 7.42. The molecule has 0 atom stereocenters. The molecule has 1 aromatic heterocycles. The Labute approximate surface area is 178 Å². The van der Waals surface area contributed by atoms with Crippen molar-refractivity contribution in [1.29, 1.82) is 5.26 Å². The summed E-state index contributed by atoms with van der Waals surface area (Å²) >= 11 is 17.2. The first-order valence-electron chi connectivity index (χ1n) is 7.07. The molecule has 2 rings (SSSR count). The Morgan fingerprint density at radius 2 is 1.66 bits per heavy atom. The number of aromatic nitrogens is 1. The molecule has 0 saturated carbocycles. The van der Waals surface area contributed by atoms with E-state index >= 15 is 0 Å². The van der Waals surface area contributed by atoms with Crippen LogP contribution in [0.3, 0.4) is 0 Å². The number of anilines is 1. The van der Waals surface area contributed by atoms with Gasteiger partial charge in [0.2, 0.25) is 6.41 Å². The van der Waals surface area contributed by atoms with Gasteiger partial charge < -0.3 is 4.90 Å². The average Bonchev–Trinajstić information content (AvgIpc) is 2.82. The Morgan fingerprint density at radius 1 is 1.14 bits per heavy atom. The van der Waals surface area contributed by atoms with Crippen molar-refractivity contribution in [2.24, 2.45) is 0 Å². The molecule has 0 N–H and O–H groups in total. The molecule has 0 spiro atoms. The lowest BCUT2D eigenvalue weighted by atomic mass is 10.2. The van der Waals surface area contributed by atoms with Gasteiger partial charge in [-0.05, 0) is 23.9 Å². The van der Waals surface area contributed by atoms with E-state index in [-0.39, 0.29) is 6.41 Å². The van der Waals surface area contributed by atoms with Crippen LogP contribution in [0.15, 0.2) is 17.0 Å². The molecule has 0 bridgehead atoms. The first kappa shape index (κ1) is 23.5. The monoisotopic (exact) mass is 495 g/mol. The molecular weight excluding hydrogens is 491 g/mol. The van der Waals surface area contributed by atoms with Gasteiger partial charge in [-0.1, -0.05) is 34.8 Å². The number of nitriles is 1. The molecule has 0 unspecified atom stereocenters. The number of thioether (sulfide) groups is 1. The van der Waals surface area contributed by atoms with E-state index in [0.717, 1.165) is 7.05 Å². The Bertz CT molecular complexity index is 990. The minimum atomic E-state index is -4.87. The van der Waals surface area contributed by atoms with E-state index < -0.39 is 66.2 Å². The molecule has 1 amide bonds. The summed E-state index contributed by atoms with van der Waals surface area (Å²) < 4.78 is 78.6.